The minimum Gasteiger partial charge on any atom is -0.370 e. The molecule has 0 spiro atoms. The highest BCUT2D eigenvalue weighted by Gasteiger charge is 2.20. The average molecular weight is 354 g/mol. The summed E-state index contributed by atoms with van der Waals surface area (Å²) in [5.41, 5.74) is 5.76. The molecule has 5 heteroatoms. The molecule has 1 fully saturated rings. The molecule has 102 valence electrons. The van der Waals surface area contributed by atoms with Gasteiger partial charge in [-0.25, -0.2) is 0 Å². The first kappa shape index (κ1) is 17.0. The van der Waals surface area contributed by atoms with Gasteiger partial charge < -0.3 is 16.0 Å². The van der Waals surface area contributed by atoms with Gasteiger partial charge in [0.15, 0.2) is 5.96 Å². The summed E-state index contributed by atoms with van der Waals surface area (Å²) in [5, 5.41) is 3.11. The third kappa shape index (κ3) is 7.08. The largest absolute Gasteiger partial charge is 0.370 e. The maximum absolute atomic E-state index is 5.76. The number of hydrogen-bond acceptors (Lipinski definition) is 2. The summed E-state index contributed by atoms with van der Waals surface area (Å²) in [5.74, 6) is 1.31. The highest BCUT2D eigenvalue weighted by Crippen LogP contribution is 2.16. The molecule has 17 heavy (non-hydrogen) atoms. The van der Waals surface area contributed by atoms with Crippen LogP contribution in [0.4, 0.5) is 0 Å². The van der Waals surface area contributed by atoms with Gasteiger partial charge in [0.2, 0.25) is 0 Å². The van der Waals surface area contributed by atoms with Gasteiger partial charge in [-0.2, -0.15) is 0 Å². The maximum Gasteiger partial charge on any atom is 0.188 e. The molecular weight excluding hydrogens is 327 g/mol. The number of nitrogens with two attached hydrogens (primary N) is 1. The number of aliphatic imine (C=N–C) groups is 1. The van der Waals surface area contributed by atoms with Gasteiger partial charge in [-0.05, 0) is 38.3 Å². The number of guanidine groups is 1. The second-order valence-electron chi connectivity index (χ2n) is 4.61. The van der Waals surface area contributed by atoms with Gasteiger partial charge in [0.25, 0.3) is 0 Å². The monoisotopic (exact) mass is 354 g/mol. The van der Waals surface area contributed by atoms with Crippen LogP contribution in [0.3, 0.4) is 0 Å². The molecule has 4 nitrogen and oxygen atoms in total. The fourth-order valence-electron chi connectivity index (χ4n) is 2.12. The van der Waals surface area contributed by atoms with Gasteiger partial charge in [-0.3, -0.25) is 4.99 Å². The van der Waals surface area contributed by atoms with Crippen LogP contribution < -0.4 is 11.1 Å². The van der Waals surface area contributed by atoms with Crippen LogP contribution in [0.25, 0.3) is 0 Å². The molecule has 0 aromatic heterocycles. The molecule has 1 atom stereocenters. The van der Waals surface area contributed by atoms with Gasteiger partial charge in [0.05, 0.1) is 0 Å². The molecule has 1 rings (SSSR count). The number of halogens is 1. The van der Waals surface area contributed by atoms with Crippen molar-refractivity contribution >= 4 is 29.9 Å². The second kappa shape index (κ2) is 9.94. The highest BCUT2D eigenvalue weighted by molar-refractivity contribution is 14.0. The van der Waals surface area contributed by atoms with E-state index >= 15 is 0 Å². The molecule has 0 amide bonds. The molecule has 0 bridgehead atoms. The Morgan fingerprint density at radius 2 is 2.18 bits per heavy atom. The van der Waals surface area contributed by atoms with Gasteiger partial charge in [0.1, 0.15) is 0 Å². The molecule has 0 saturated carbocycles. The predicted octanol–water partition coefficient (Wildman–Crippen LogP) is 1.65. The Balaban J connectivity index is 0.00000256. The number of nitrogens with zero attached hydrogens (tertiary/aromatic N) is 2. The molecule has 0 aromatic rings. The normalized spacial score (nSPS) is 21.3. The molecule has 1 heterocycles. The van der Waals surface area contributed by atoms with E-state index in [1.54, 1.807) is 0 Å². The standard InChI is InChI=1S/C12H26N4.HI/c1-3-6-14-12(13)15-9-11-5-8-16(10-11)7-4-2;/h11H,3-10H2,1-2H3,(H3,13,14,15);1H. The Hall–Kier alpha value is -0.0400. The van der Waals surface area contributed by atoms with Gasteiger partial charge in [-0.1, -0.05) is 13.8 Å². The van der Waals surface area contributed by atoms with E-state index in [-0.39, 0.29) is 24.0 Å². The average Bonchev–Trinajstić information content (AvgIpc) is 2.72. The minimum atomic E-state index is 0. The smallest absolute Gasteiger partial charge is 0.188 e. The van der Waals surface area contributed by atoms with Crippen LogP contribution in [-0.4, -0.2) is 43.6 Å². The van der Waals surface area contributed by atoms with Crippen molar-refractivity contribution in [2.24, 2.45) is 16.6 Å². The molecule has 1 aliphatic heterocycles. The van der Waals surface area contributed by atoms with Gasteiger partial charge in [-0.15, -0.1) is 24.0 Å². The first-order valence-corrected chi connectivity index (χ1v) is 6.52. The van der Waals surface area contributed by atoms with E-state index in [1.165, 1.54) is 32.5 Å². The molecule has 0 aromatic carbocycles. The molecule has 1 aliphatic rings. The van der Waals surface area contributed by atoms with Crippen molar-refractivity contribution < 1.29 is 0 Å². The number of likely N-dealkylation sites (tertiary alicyclic amines) is 1. The highest BCUT2D eigenvalue weighted by atomic mass is 127. The first-order chi connectivity index (χ1) is 7.76. The van der Waals surface area contributed by atoms with E-state index in [0.717, 1.165) is 19.5 Å². The van der Waals surface area contributed by atoms with Crippen molar-refractivity contribution in [3.8, 4) is 0 Å². The predicted molar refractivity (Wildman–Crippen MR) is 85.0 cm³/mol. The van der Waals surface area contributed by atoms with E-state index in [2.05, 4.69) is 29.1 Å². The summed E-state index contributed by atoms with van der Waals surface area (Å²) in [7, 11) is 0. The third-order valence-electron chi connectivity index (χ3n) is 2.99. The van der Waals surface area contributed by atoms with Gasteiger partial charge in [0, 0.05) is 19.6 Å². The lowest BCUT2D eigenvalue weighted by atomic mass is 10.1. The maximum atomic E-state index is 5.76. The SMILES string of the molecule is CCCNC(N)=NCC1CCN(CCC)C1.I. The summed E-state index contributed by atoms with van der Waals surface area (Å²) < 4.78 is 0. The molecule has 0 aliphatic carbocycles. The lowest BCUT2D eigenvalue weighted by Crippen LogP contribution is -2.33. The fraction of sp³-hybridized carbons (Fsp3) is 0.917. The Morgan fingerprint density at radius 3 is 2.82 bits per heavy atom. The second-order valence-corrected chi connectivity index (χ2v) is 4.61. The van der Waals surface area contributed by atoms with Gasteiger partial charge >= 0.3 is 0 Å². The zero-order valence-electron chi connectivity index (χ0n) is 11.1. The van der Waals surface area contributed by atoms with Crippen LogP contribution in [0, 0.1) is 5.92 Å². The van der Waals surface area contributed by atoms with Crippen LogP contribution in [0.15, 0.2) is 4.99 Å². The van der Waals surface area contributed by atoms with E-state index in [0.29, 0.717) is 11.9 Å². The Labute approximate surface area is 122 Å². The van der Waals surface area contributed by atoms with Crippen molar-refractivity contribution in [3.05, 3.63) is 0 Å². The molecule has 1 unspecified atom stereocenters. The number of hydrogen-bond donors (Lipinski definition) is 2. The van der Waals surface area contributed by atoms with E-state index in [1.807, 2.05) is 0 Å². The zero-order chi connectivity index (χ0) is 11.8. The summed E-state index contributed by atoms with van der Waals surface area (Å²) in [4.78, 5) is 6.92. The van der Waals surface area contributed by atoms with Crippen LogP contribution in [-0.2, 0) is 0 Å². The van der Waals surface area contributed by atoms with Crippen LogP contribution in [0.5, 0.6) is 0 Å². The molecule has 1 saturated heterocycles. The van der Waals surface area contributed by atoms with E-state index < -0.39 is 0 Å². The van der Waals surface area contributed by atoms with Crippen molar-refractivity contribution in [3.63, 3.8) is 0 Å². The topological polar surface area (TPSA) is 53.6 Å². The number of rotatable bonds is 6. The van der Waals surface area contributed by atoms with E-state index in [9.17, 15) is 0 Å². The third-order valence-corrected chi connectivity index (χ3v) is 2.99. The quantitative estimate of drug-likeness (QED) is 0.433. The van der Waals surface area contributed by atoms with Crippen molar-refractivity contribution in [2.45, 2.75) is 33.1 Å². The summed E-state index contributed by atoms with van der Waals surface area (Å²) in [6.07, 6.45) is 3.60. The Morgan fingerprint density at radius 1 is 1.41 bits per heavy atom. The van der Waals surface area contributed by atoms with Crippen LogP contribution >= 0.6 is 24.0 Å². The zero-order valence-corrected chi connectivity index (χ0v) is 13.4. The van der Waals surface area contributed by atoms with Crippen molar-refractivity contribution in [1.82, 2.24) is 10.2 Å². The Bertz CT molecular complexity index is 221. The summed E-state index contributed by atoms with van der Waals surface area (Å²) in [6, 6.07) is 0. The molecule has 0 radical (unpaired) electrons. The molecular formula is C12H27IN4. The first-order valence-electron chi connectivity index (χ1n) is 6.52. The molecule has 3 N–H and O–H groups in total. The lowest BCUT2D eigenvalue weighted by Gasteiger charge is -2.13. The minimum absolute atomic E-state index is 0. The Kier molecular flexibility index (Phi) is 9.91. The van der Waals surface area contributed by atoms with Crippen LogP contribution in [0.2, 0.25) is 0 Å². The van der Waals surface area contributed by atoms with Crippen LogP contribution in [0.1, 0.15) is 33.1 Å². The van der Waals surface area contributed by atoms with E-state index in [4.69, 9.17) is 5.73 Å². The van der Waals surface area contributed by atoms with Crippen molar-refractivity contribution in [2.75, 3.05) is 32.7 Å². The summed E-state index contributed by atoms with van der Waals surface area (Å²) in [6.45, 7) is 9.81. The van der Waals surface area contributed by atoms with Crippen molar-refractivity contribution in [1.29, 1.82) is 0 Å². The summed E-state index contributed by atoms with van der Waals surface area (Å²) >= 11 is 0. The lowest BCUT2D eigenvalue weighted by molar-refractivity contribution is 0.326. The number of nitrogens with one attached hydrogen (secondary N) is 1. The fourth-order valence-corrected chi connectivity index (χ4v) is 2.12.